The number of anilines is 1. The summed E-state index contributed by atoms with van der Waals surface area (Å²) in [7, 11) is 0. The van der Waals surface area contributed by atoms with E-state index in [-0.39, 0.29) is 17.9 Å². The molecule has 0 bridgehead atoms. The fourth-order valence-corrected chi connectivity index (χ4v) is 5.83. The molecule has 3 aromatic rings. The number of halogens is 2. The zero-order valence-corrected chi connectivity index (χ0v) is 20.2. The average Bonchev–Trinajstić information content (AvgIpc) is 3.43. The highest BCUT2D eigenvalue weighted by Gasteiger charge is 2.47. The van der Waals surface area contributed by atoms with Crippen LogP contribution in [0.15, 0.2) is 58.6 Å². The van der Waals surface area contributed by atoms with Gasteiger partial charge in [-0.15, -0.1) is 10.2 Å². The Bertz CT molecular complexity index is 1290. The van der Waals surface area contributed by atoms with E-state index in [4.69, 9.17) is 10.8 Å². The fourth-order valence-electron chi connectivity index (χ4n) is 3.64. The molecule has 1 aliphatic rings. The van der Waals surface area contributed by atoms with Gasteiger partial charge in [0.2, 0.25) is 5.13 Å². The summed E-state index contributed by atoms with van der Waals surface area (Å²) in [6.45, 7) is 1.54. The number of nitrogens with two attached hydrogens (primary N) is 1. The largest absolute Gasteiger partial charge is 0.382 e. The highest BCUT2D eigenvalue weighted by Crippen LogP contribution is 2.52. The molecular weight excluding hydrogens is 496 g/mol. The second kappa shape index (κ2) is 10.4. The lowest BCUT2D eigenvalue weighted by Gasteiger charge is -2.35. The fraction of sp³-hybridized carbons (Fsp3) is 0.273. The van der Waals surface area contributed by atoms with Crippen molar-refractivity contribution in [2.75, 3.05) is 18.1 Å². The number of amidine groups is 1. The minimum atomic E-state index is -0.866. The number of rotatable bonds is 9. The molecule has 2 heterocycles. The molecule has 0 fully saturated rings. The van der Waals surface area contributed by atoms with E-state index in [1.165, 1.54) is 23.1 Å². The Hall–Kier alpha value is -3.45. The van der Waals surface area contributed by atoms with Gasteiger partial charge in [-0.1, -0.05) is 53.4 Å². The van der Waals surface area contributed by atoms with Crippen LogP contribution in [0.4, 0.5) is 13.9 Å². The Morgan fingerprint density at radius 2 is 2.00 bits per heavy atom. The van der Waals surface area contributed by atoms with Gasteiger partial charge in [0.15, 0.2) is 5.84 Å². The van der Waals surface area contributed by atoms with Crippen LogP contribution in [0, 0.1) is 28.7 Å². The van der Waals surface area contributed by atoms with Gasteiger partial charge >= 0.3 is 0 Å². The maximum Gasteiger partial charge on any atom is 0.259 e. The number of aryl methyl sites for hydroxylation is 1. The van der Waals surface area contributed by atoms with Gasteiger partial charge in [-0.2, -0.15) is 5.10 Å². The van der Waals surface area contributed by atoms with E-state index < -0.39 is 28.0 Å². The number of hydrogen-bond acceptors (Lipinski definition) is 9. The van der Waals surface area contributed by atoms with Crippen molar-refractivity contribution in [1.29, 1.82) is 0 Å². The molecule has 1 atom stereocenters. The summed E-state index contributed by atoms with van der Waals surface area (Å²) in [5, 5.41) is 26.9. The van der Waals surface area contributed by atoms with Crippen LogP contribution in [0.25, 0.3) is 0 Å². The Morgan fingerprint density at radius 1 is 1.23 bits per heavy atom. The second-order valence-corrected chi connectivity index (χ2v) is 10.1. The molecule has 0 amide bonds. The Morgan fingerprint density at radius 3 is 2.69 bits per heavy atom. The summed E-state index contributed by atoms with van der Waals surface area (Å²) in [5.41, 5.74) is 6.56. The lowest BCUT2D eigenvalue weighted by molar-refractivity contribution is -0.463. The third-order valence-corrected chi connectivity index (χ3v) is 7.42. The zero-order chi connectivity index (χ0) is 25.0. The molecule has 2 aromatic carbocycles. The maximum absolute atomic E-state index is 14.7. The number of nitrogens with zero attached hydrogens (tertiary/aromatic N) is 6. The first-order chi connectivity index (χ1) is 16.8. The Labute approximate surface area is 207 Å². The molecule has 0 saturated heterocycles. The number of nitro groups is 1. The smallest absolute Gasteiger partial charge is 0.259 e. The average molecular weight is 518 g/mol. The van der Waals surface area contributed by atoms with Crippen molar-refractivity contribution in [2.24, 2.45) is 15.8 Å². The van der Waals surface area contributed by atoms with Crippen molar-refractivity contribution >= 4 is 39.1 Å². The van der Waals surface area contributed by atoms with Crippen LogP contribution in [-0.4, -0.2) is 39.1 Å². The van der Waals surface area contributed by atoms with Crippen LogP contribution in [0.2, 0.25) is 0 Å². The Kier molecular flexibility index (Phi) is 7.36. The molecule has 4 rings (SSSR count). The number of aliphatic imine (C=N–C) groups is 1. The van der Waals surface area contributed by atoms with Crippen molar-refractivity contribution < 1.29 is 13.7 Å². The van der Waals surface area contributed by atoms with Crippen LogP contribution in [0.3, 0.4) is 0 Å². The molecule has 35 heavy (non-hydrogen) atoms. The SMILES string of the molecule is Cc1nnc(N2N=C(c3cc(F)ccc3F)SC2(CCCN=C(N)C[N+](=O)[O-])c2ccccc2)s1. The van der Waals surface area contributed by atoms with E-state index in [1.54, 1.807) is 5.01 Å². The summed E-state index contributed by atoms with van der Waals surface area (Å²) < 4.78 is 28.7. The normalized spacial score (nSPS) is 18.1. The van der Waals surface area contributed by atoms with Crippen LogP contribution in [0.1, 0.15) is 29.0 Å². The minimum absolute atomic E-state index is 0.0484. The van der Waals surface area contributed by atoms with Gasteiger partial charge in [-0.05, 0) is 43.5 Å². The highest BCUT2D eigenvalue weighted by molar-refractivity contribution is 8.15. The van der Waals surface area contributed by atoms with Gasteiger partial charge < -0.3 is 5.73 Å². The third-order valence-electron chi connectivity index (χ3n) is 5.16. The molecule has 13 heteroatoms. The van der Waals surface area contributed by atoms with Crippen molar-refractivity contribution in [3.05, 3.63) is 86.4 Å². The molecule has 0 radical (unpaired) electrons. The van der Waals surface area contributed by atoms with Gasteiger partial charge in [0.05, 0.1) is 0 Å². The Balaban J connectivity index is 1.74. The number of hydrazone groups is 1. The summed E-state index contributed by atoms with van der Waals surface area (Å²) in [6.07, 6.45) is 0.947. The molecule has 9 nitrogen and oxygen atoms in total. The lowest BCUT2D eigenvalue weighted by Crippen LogP contribution is -2.37. The summed E-state index contributed by atoms with van der Waals surface area (Å²) in [5.74, 6) is -1.22. The van der Waals surface area contributed by atoms with Crippen LogP contribution in [0.5, 0.6) is 0 Å². The summed E-state index contributed by atoms with van der Waals surface area (Å²) in [6, 6.07) is 12.8. The standard InChI is InChI=1S/C22H21F2N7O2S2/c1-14-27-28-21(34-14)31-22(15-6-3-2-4-7-15,10-5-11-26-19(25)13-30(32)33)35-20(29-31)17-12-16(23)8-9-18(17)24/h2-4,6-9,12H,5,10-11,13H2,1H3,(H2,25,26). The zero-order valence-electron chi connectivity index (χ0n) is 18.6. The monoisotopic (exact) mass is 517 g/mol. The second-order valence-electron chi connectivity index (χ2n) is 7.66. The van der Waals surface area contributed by atoms with Crippen molar-refractivity contribution in [2.45, 2.75) is 24.6 Å². The molecule has 1 aromatic heterocycles. The van der Waals surface area contributed by atoms with Crippen LogP contribution in [-0.2, 0) is 4.87 Å². The van der Waals surface area contributed by atoms with Gasteiger partial charge in [0.1, 0.15) is 26.6 Å². The molecular formula is C22H21F2N7O2S2. The summed E-state index contributed by atoms with van der Waals surface area (Å²) in [4.78, 5) is 13.4. The number of thioether (sulfide) groups is 1. The van der Waals surface area contributed by atoms with E-state index in [0.717, 1.165) is 28.8 Å². The van der Waals surface area contributed by atoms with E-state index >= 15 is 0 Å². The maximum atomic E-state index is 14.7. The van der Waals surface area contributed by atoms with Crippen molar-refractivity contribution in [3.63, 3.8) is 0 Å². The first-order valence-electron chi connectivity index (χ1n) is 10.6. The predicted molar refractivity (Wildman–Crippen MR) is 133 cm³/mol. The van der Waals surface area contributed by atoms with Crippen LogP contribution < -0.4 is 10.7 Å². The van der Waals surface area contributed by atoms with Gasteiger partial charge in [-0.3, -0.25) is 15.1 Å². The van der Waals surface area contributed by atoms with Gasteiger partial charge in [0.25, 0.3) is 6.54 Å². The van der Waals surface area contributed by atoms with Crippen molar-refractivity contribution in [1.82, 2.24) is 10.2 Å². The first-order valence-corrected chi connectivity index (χ1v) is 12.2. The molecule has 1 aliphatic heterocycles. The van der Waals surface area contributed by atoms with E-state index in [1.807, 2.05) is 37.3 Å². The lowest BCUT2D eigenvalue weighted by atomic mass is 10.0. The third kappa shape index (κ3) is 5.46. The van der Waals surface area contributed by atoms with Gasteiger partial charge in [-0.25, -0.2) is 13.8 Å². The van der Waals surface area contributed by atoms with Gasteiger partial charge in [0, 0.05) is 17.0 Å². The van der Waals surface area contributed by atoms with E-state index in [0.29, 0.717) is 23.0 Å². The van der Waals surface area contributed by atoms with E-state index in [9.17, 15) is 18.9 Å². The highest BCUT2D eigenvalue weighted by atomic mass is 32.2. The summed E-state index contributed by atoms with van der Waals surface area (Å²) >= 11 is 2.62. The predicted octanol–water partition coefficient (Wildman–Crippen LogP) is 4.31. The molecule has 0 saturated carbocycles. The number of benzene rings is 2. The number of hydrogen-bond donors (Lipinski definition) is 1. The van der Waals surface area contributed by atoms with Crippen LogP contribution >= 0.6 is 23.1 Å². The van der Waals surface area contributed by atoms with E-state index in [2.05, 4.69) is 15.2 Å². The first kappa shape index (κ1) is 24.7. The molecule has 0 aliphatic carbocycles. The minimum Gasteiger partial charge on any atom is -0.382 e. The van der Waals surface area contributed by atoms with Crippen molar-refractivity contribution in [3.8, 4) is 0 Å². The quantitative estimate of drug-likeness (QED) is 0.148. The molecule has 0 spiro atoms. The topological polar surface area (TPSA) is 123 Å². The molecule has 1 unspecified atom stereocenters. The molecule has 182 valence electrons. The molecule has 2 N–H and O–H groups in total. The number of aromatic nitrogens is 2.